The van der Waals surface area contributed by atoms with Gasteiger partial charge in [0.25, 0.3) is 5.56 Å². The van der Waals surface area contributed by atoms with Gasteiger partial charge < -0.3 is 4.74 Å². The lowest BCUT2D eigenvalue weighted by molar-refractivity contribution is 0.368. The number of halogens is 1. The number of nitriles is 1. The van der Waals surface area contributed by atoms with E-state index in [4.69, 9.17) is 10.00 Å². The lowest BCUT2D eigenvalue weighted by atomic mass is 10.0. The van der Waals surface area contributed by atoms with Crippen molar-refractivity contribution in [2.24, 2.45) is 5.10 Å². The van der Waals surface area contributed by atoms with E-state index in [1.807, 2.05) is 55.5 Å². The van der Waals surface area contributed by atoms with Crippen LogP contribution in [0.15, 0.2) is 69.0 Å². The molecule has 4 aromatic rings. The Bertz CT molecular complexity index is 1390. The quantitative estimate of drug-likeness (QED) is 0.405. The van der Waals surface area contributed by atoms with Crippen LogP contribution in [-0.4, -0.2) is 22.5 Å². The zero-order valence-corrected chi connectivity index (χ0v) is 17.8. The molecule has 0 amide bonds. The molecule has 0 aliphatic rings. The van der Waals surface area contributed by atoms with Crippen LogP contribution in [0.3, 0.4) is 0 Å². The third-order valence-electron chi connectivity index (χ3n) is 4.72. The van der Waals surface area contributed by atoms with E-state index in [1.54, 1.807) is 18.3 Å². The molecule has 0 saturated carbocycles. The van der Waals surface area contributed by atoms with Gasteiger partial charge in [-0.05, 0) is 35.0 Å². The highest BCUT2D eigenvalue weighted by Gasteiger charge is 2.11. The van der Waals surface area contributed by atoms with Crippen molar-refractivity contribution < 1.29 is 4.74 Å². The fourth-order valence-corrected chi connectivity index (χ4v) is 3.66. The van der Waals surface area contributed by atoms with E-state index >= 15 is 0 Å². The highest BCUT2D eigenvalue weighted by atomic mass is 79.9. The molecular weight excluding hydrogens is 444 g/mol. The van der Waals surface area contributed by atoms with Crippen molar-refractivity contribution in [3.05, 3.63) is 80.8 Å². The first kappa shape index (κ1) is 19.8. The molecule has 0 N–H and O–H groups in total. The topological polar surface area (TPSA) is 80.3 Å². The normalized spacial score (nSPS) is 11.2. The van der Waals surface area contributed by atoms with Gasteiger partial charge in [0.2, 0.25) is 0 Å². The summed E-state index contributed by atoms with van der Waals surface area (Å²) in [7, 11) is 0. The van der Waals surface area contributed by atoms with Crippen molar-refractivity contribution in [2.45, 2.75) is 13.3 Å². The maximum absolute atomic E-state index is 13.1. The van der Waals surface area contributed by atoms with Crippen LogP contribution in [0.4, 0.5) is 0 Å². The number of nitrogens with zero attached hydrogens (tertiary/aromatic N) is 4. The third-order valence-corrected chi connectivity index (χ3v) is 5.21. The molecule has 0 fully saturated rings. The van der Waals surface area contributed by atoms with Gasteiger partial charge in [0.1, 0.15) is 17.6 Å². The second kappa shape index (κ2) is 8.47. The van der Waals surface area contributed by atoms with Crippen molar-refractivity contribution in [1.29, 1.82) is 5.26 Å². The van der Waals surface area contributed by atoms with Gasteiger partial charge in [-0.1, -0.05) is 53.2 Å². The highest BCUT2D eigenvalue weighted by molar-refractivity contribution is 9.10. The molecular formula is C23H17BrN4O2. The third kappa shape index (κ3) is 3.70. The van der Waals surface area contributed by atoms with Gasteiger partial charge in [-0.2, -0.15) is 15.0 Å². The average molecular weight is 461 g/mol. The minimum atomic E-state index is -0.242. The maximum Gasteiger partial charge on any atom is 0.282 e. The molecule has 0 aliphatic heterocycles. The first-order chi connectivity index (χ1) is 14.6. The van der Waals surface area contributed by atoms with E-state index in [2.05, 4.69) is 26.0 Å². The van der Waals surface area contributed by atoms with E-state index in [1.165, 1.54) is 4.68 Å². The van der Waals surface area contributed by atoms with Crippen molar-refractivity contribution in [2.75, 3.05) is 6.61 Å². The molecule has 1 aromatic heterocycles. The summed E-state index contributed by atoms with van der Waals surface area (Å²) in [6.07, 6.45) is 2.15. The van der Waals surface area contributed by atoms with Crippen LogP contribution in [0.5, 0.6) is 5.75 Å². The zero-order valence-electron chi connectivity index (χ0n) is 16.2. The minimum absolute atomic E-state index is 0.0785. The first-order valence-electron chi connectivity index (χ1n) is 9.39. The summed E-state index contributed by atoms with van der Waals surface area (Å²) >= 11 is 3.41. The van der Waals surface area contributed by atoms with Crippen molar-refractivity contribution in [1.82, 2.24) is 9.66 Å². The Balaban J connectivity index is 1.91. The Morgan fingerprint density at radius 1 is 1.20 bits per heavy atom. The summed E-state index contributed by atoms with van der Waals surface area (Å²) in [5.41, 5.74) is 1.09. The van der Waals surface area contributed by atoms with E-state index in [0.29, 0.717) is 34.5 Å². The van der Waals surface area contributed by atoms with Crippen molar-refractivity contribution >= 4 is 43.8 Å². The molecule has 0 spiro atoms. The fourth-order valence-electron chi connectivity index (χ4n) is 3.30. The molecule has 0 unspecified atom stereocenters. The molecule has 3 aromatic carbocycles. The second-order valence-corrected chi connectivity index (χ2v) is 7.47. The van der Waals surface area contributed by atoms with Gasteiger partial charge in [-0.3, -0.25) is 4.79 Å². The fraction of sp³-hybridized carbons (Fsp3) is 0.130. The molecule has 0 bridgehead atoms. The first-order valence-corrected chi connectivity index (χ1v) is 10.2. The monoisotopic (exact) mass is 460 g/mol. The Hall–Kier alpha value is -3.50. The molecule has 1 heterocycles. The number of rotatable bonds is 5. The summed E-state index contributed by atoms with van der Waals surface area (Å²) in [5, 5.41) is 15.8. The molecule has 148 valence electrons. The molecule has 4 rings (SSSR count). The number of aromatic nitrogens is 2. The number of hydrogen-bond donors (Lipinski definition) is 0. The van der Waals surface area contributed by atoms with Gasteiger partial charge in [-0.25, -0.2) is 4.98 Å². The minimum Gasteiger partial charge on any atom is -0.478 e. The molecule has 30 heavy (non-hydrogen) atoms. The van der Waals surface area contributed by atoms with E-state index < -0.39 is 0 Å². The Labute approximate surface area is 181 Å². The summed E-state index contributed by atoms with van der Waals surface area (Å²) in [4.78, 5) is 17.7. The van der Waals surface area contributed by atoms with Crippen LogP contribution in [-0.2, 0) is 6.42 Å². The smallest absolute Gasteiger partial charge is 0.282 e. The highest BCUT2D eigenvalue weighted by Crippen LogP contribution is 2.27. The molecule has 0 atom stereocenters. The maximum atomic E-state index is 13.1. The SMILES string of the molecule is CCc1nc2ccc(Br)cc2c(=O)n1N=Cc1c(OCC#N)ccc2ccccc12. The Morgan fingerprint density at radius 2 is 2.03 bits per heavy atom. The number of ether oxygens (including phenoxy) is 1. The largest absolute Gasteiger partial charge is 0.478 e. The van der Waals surface area contributed by atoms with Gasteiger partial charge in [0.05, 0.1) is 17.1 Å². The Kier molecular flexibility index (Phi) is 5.59. The Morgan fingerprint density at radius 3 is 2.83 bits per heavy atom. The molecule has 0 saturated heterocycles. The summed E-state index contributed by atoms with van der Waals surface area (Å²) in [6, 6.07) is 18.9. The van der Waals surface area contributed by atoms with Crippen LogP contribution in [0.1, 0.15) is 18.3 Å². The lowest BCUT2D eigenvalue weighted by Crippen LogP contribution is -2.22. The van der Waals surface area contributed by atoms with Crippen LogP contribution < -0.4 is 10.3 Å². The number of aryl methyl sites for hydroxylation is 1. The van der Waals surface area contributed by atoms with E-state index in [-0.39, 0.29) is 12.2 Å². The van der Waals surface area contributed by atoms with Crippen molar-refractivity contribution in [3.8, 4) is 11.8 Å². The predicted molar refractivity (Wildman–Crippen MR) is 121 cm³/mol. The van der Waals surface area contributed by atoms with Crippen LogP contribution in [0.25, 0.3) is 21.7 Å². The molecule has 0 radical (unpaired) electrons. The number of hydrogen-bond acceptors (Lipinski definition) is 5. The molecule has 0 aliphatic carbocycles. The van der Waals surface area contributed by atoms with Gasteiger partial charge >= 0.3 is 0 Å². The predicted octanol–water partition coefficient (Wildman–Crippen LogP) is 4.66. The summed E-state index contributed by atoms with van der Waals surface area (Å²) in [6.45, 7) is 1.85. The van der Waals surface area contributed by atoms with Gasteiger partial charge in [-0.15, -0.1) is 0 Å². The van der Waals surface area contributed by atoms with E-state index in [9.17, 15) is 4.79 Å². The summed E-state index contributed by atoms with van der Waals surface area (Å²) in [5.74, 6) is 1.09. The van der Waals surface area contributed by atoms with Crippen LogP contribution in [0.2, 0.25) is 0 Å². The van der Waals surface area contributed by atoms with E-state index in [0.717, 1.165) is 15.2 Å². The average Bonchev–Trinajstić information content (AvgIpc) is 2.77. The van der Waals surface area contributed by atoms with Crippen LogP contribution >= 0.6 is 15.9 Å². The molecule has 7 heteroatoms. The zero-order chi connectivity index (χ0) is 21.1. The summed E-state index contributed by atoms with van der Waals surface area (Å²) < 4.78 is 7.72. The van der Waals surface area contributed by atoms with Crippen molar-refractivity contribution in [3.63, 3.8) is 0 Å². The second-order valence-electron chi connectivity index (χ2n) is 6.55. The lowest BCUT2D eigenvalue weighted by Gasteiger charge is -2.11. The molecule has 6 nitrogen and oxygen atoms in total. The van der Waals surface area contributed by atoms with Gasteiger partial charge in [0, 0.05) is 16.5 Å². The van der Waals surface area contributed by atoms with Gasteiger partial charge in [0.15, 0.2) is 6.61 Å². The number of benzene rings is 3. The standard InChI is InChI=1S/C23H17BrN4O2/c1-2-22-27-20-9-8-16(24)13-18(20)23(29)28(22)26-14-19-17-6-4-3-5-15(17)7-10-21(19)30-12-11-25/h3-10,13-14H,2,12H2,1H3. The number of fused-ring (bicyclic) bond motifs is 2. The van der Waals surface area contributed by atoms with Crippen LogP contribution in [0, 0.1) is 11.3 Å².